The lowest BCUT2D eigenvalue weighted by molar-refractivity contribution is 0.465. The molecule has 0 N–H and O–H groups in total. The van der Waals surface area contributed by atoms with Gasteiger partial charge in [-0.15, -0.1) is 11.6 Å². The second-order valence-corrected chi connectivity index (χ2v) is 8.73. The molecule has 0 saturated heterocycles. The van der Waals surface area contributed by atoms with Gasteiger partial charge in [0, 0.05) is 5.50 Å². The summed E-state index contributed by atoms with van der Waals surface area (Å²) in [5.41, 5.74) is 1.25. The summed E-state index contributed by atoms with van der Waals surface area (Å²) < 4.78 is 0. The standard InChI is InChI=1S/C12H19ClSi/c1-12(2,3)9-14(10-13)11-7-5-4-6-8-11/h4-8,14H,9-10H2,1-3H3. The maximum Gasteiger partial charge on any atom is 0.0872 e. The topological polar surface area (TPSA) is 0 Å². The summed E-state index contributed by atoms with van der Waals surface area (Å²) in [6.07, 6.45) is 0. The van der Waals surface area contributed by atoms with Crippen LogP contribution in [0.2, 0.25) is 6.04 Å². The van der Waals surface area contributed by atoms with Crippen molar-refractivity contribution < 1.29 is 0 Å². The molecule has 1 rings (SSSR count). The number of benzene rings is 1. The fourth-order valence-corrected chi connectivity index (χ4v) is 5.36. The van der Waals surface area contributed by atoms with E-state index in [1.807, 2.05) is 0 Å². The normalized spacial score (nSPS) is 14.0. The second kappa shape index (κ2) is 4.99. The maximum atomic E-state index is 6.07. The average Bonchev–Trinajstić information content (AvgIpc) is 2.14. The number of hydrogen-bond donors (Lipinski definition) is 0. The van der Waals surface area contributed by atoms with Gasteiger partial charge in [0.2, 0.25) is 0 Å². The van der Waals surface area contributed by atoms with Crippen LogP contribution >= 0.6 is 11.6 Å². The van der Waals surface area contributed by atoms with E-state index >= 15 is 0 Å². The molecule has 14 heavy (non-hydrogen) atoms. The Morgan fingerprint density at radius 3 is 2.14 bits per heavy atom. The third-order valence-corrected chi connectivity index (χ3v) is 6.85. The highest BCUT2D eigenvalue weighted by atomic mass is 35.5. The minimum absolute atomic E-state index is 0.404. The van der Waals surface area contributed by atoms with Crippen LogP contribution in [0, 0.1) is 5.41 Å². The lowest BCUT2D eigenvalue weighted by atomic mass is 10.0. The van der Waals surface area contributed by atoms with Crippen molar-refractivity contribution in [2.24, 2.45) is 5.41 Å². The number of alkyl halides is 1. The van der Waals surface area contributed by atoms with E-state index in [1.54, 1.807) is 0 Å². The van der Waals surface area contributed by atoms with Crippen molar-refractivity contribution in [2.75, 3.05) is 5.50 Å². The molecule has 0 fully saturated rings. The SMILES string of the molecule is CC(C)(C)C[SiH](CCl)c1ccccc1. The molecule has 78 valence electrons. The van der Waals surface area contributed by atoms with Crippen LogP contribution in [0.5, 0.6) is 0 Å². The Balaban J connectivity index is 2.73. The Kier molecular flexibility index (Phi) is 4.21. The Labute approximate surface area is 93.9 Å². The summed E-state index contributed by atoms with van der Waals surface area (Å²) in [5.74, 6) is 0. The van der Waals surface area contributed by atoms with Gasteiger partial charge in [-0.25, -0.2) is 0 Å². The maximum absolute atomic E-state index is 6.07. The van der Waals surface area contributed by atoms with E-state index in [2.05, 4.69) is 51.1 Å². The minimum atomic E-state index is -0.931. The van der Waals surface area contributed by atoms with E-state index in [-0.39, 0.29) is 0 Å². The first-order valence-corrected chi connectivity index (χ1v) is 7.88. The van der Waals surface area contributed by atoms with Crippen LogP contribution in [0.4, 0.5) is 0 Å². The fraction of sp³-hybridized carbons (Fsp3) is 0.500. The van der Waals surface area contributed by atoms with Gasteiger partial charge in [-0.3, -0.25) is 0 Å². The molecule has 1 unspecified atom stereocenters. The molecule has 2 heteroatoms. The Hall–Kier alpha value is -0.273. The summed E-state index contributed by atoms with van der Waals surface area (Å²) in [7, 11) is -0.931. The van der Waals surface area contributed by atoms with Crippen molar-refractivity contribution in [2.45, 2.75) is 26.8 Å². The van der Waals surface area contributed by atoms with Crippen molar-refractivity contribution in [1.82, 2.24) is 0 Å². The largest absolute Gasteiger partial charge is 0.130 e. The second-order valence-electron chi connectivity index (χ2n) is 5.03. The van der Waals surface area contributed by atoms with Crippen LogP contribution in [-0.2, 0) is 0 Å². The first-order valence-electron chi connectivity index (χ1n) is 5.14. The smallest absolute Gasteiger partial charge is 0.0872 e. The molecule has 0 heterocycles. The van der Waals surface area contributed by atoms with Crippen LogP contribution in [0.25, 0.3) is 0 Å². The number of hydrogen-bond acceptors (Lipinski definition) is 0. The van der Waals surface area contributed by atoms with E-state index in [9.17, 15) is 0 Å². The molecule has 1 aromatic rings. The van der Waals surface area contributed by atoms with Crippen LogP contribution in [-0.4, -0.2) is 14.3 Å². The summed E-state index contributed by atoms with van der Waals surface area (Å²) in [4.78, 5) is 0. The lowest BCUT2D eigenvalue weighted by Crippen LogP contribution is -2.35. The van der Waals surface area contributed by atoms with E-state index in [1.165, 1.54) is 11.2 Å². The van der Waals surface area contributed by atoms with Gasteiger partial charge in [-0.2, -0.15) is 0 Å². The molecule has 1 aromatic carbocycles. The lowest BCUT2D eigenvalue weighted by Gasteiger charge is -2.23. The summed E-state index contributed by atoms with van der Waals surface area (Å²) in [6.45, 7) is 6.88. The highest BCUT2D eigenvalue weighted by Crippen LogP contribution is 2.21. The predicted octanol–water partition coefficient (Wildman–Crippen LogP) is 2.94. The van der Waals surface area contributed by atoms with Gasteiger partial charge >= 0.3 is 0 Å². The van der Waals surface area contributed by atoms with E-state index in [0.29, 0.717) is 5.41 Å². The van der Waals surface area contributed by atoms with Gasteiger partial charge in [-0.1, -0.05) is 62.3 Å². The van der Waals surface area contributed by atoms with Crippen molar-refractivity contribution in [1.29, 1.82) is 0 Å². The zero-order valence-electron chi connectivity index (χ0n) is 9.26. The van der Waals surface area contributed by atoms with Crippen molar-refractivity contribution in [3.8, 4) is 0 Å². The zero-order chi connectivity index (χ0) is 10.6. The molecule has 0 aliphatic rings. The molecule has 0 radical (unpaired) electrons. The molecule has 0 nitrogen and oxygen atoms in total. The van der Waals surface area contributed by atoms with Gasteiger partial charge in [-0.05, 0) is 5.41 Å². The Morgan fingerprint density at radius 2 is 1.71 bits per heavy atom. The minimum Gasteiger partial charge on any atom is -0.130 e. The summed E-state index contributed by atoms with van der Waals surface area (Å²) >= 11 is 6.07. The third-order valence-electron chi connectivity index (χ3n) is 2.32. The van der Waals surface area contributed by atoms with Gasteiger partial charge in [0.1, 0.15) is 0 Å². The van der Waals surface area contributed by atoms with Crippen molar-refractivity contribution in [3.63, 3.8) is 0 Å². The first kappa shape index (κ1) is 11.8. The van der Waals surface area contributed by atoms with Crippen LogP contribution in [0.1, 0.15) is 20.8 Å². The van der Waals surface area contributed by atoms with Crippen LogP contribution < -0.4 is 5.19 Å². The molecular formula is C12H19ClSi. The molecule has 0 amide bonds. The number of halogens is 1. The average molecular weight is 227 g/mol. The first-order chi connectivity index (χ1) is 6.53. The quantitative estimate of drug-likeness (QED) is 0.549. The molecule has 0 aliphatic carbocycles. The van der Waals surface area contributed by atoms with E-state index < -0.39 is 8.80 Å². The van der Waals surface area contributed by atoms with Gasteiger partial charge in [0.05, 0.1) is 8.80 Å². The fourth-order valence-electron chi connectivity index (χ4n) is 1.73. The van der Waals surface area contributed by atoms with Gasteiger partial charge in [0.25, 0.3) is 0 Å². The molecule has 0 saturated carbocycles. The molecule has 0 spiro atoms. The van der Waals surface area contributed by atoms with Crippen LogP contribution in [0.15, 0.2) is 30.3 Å². The van der Waals surface area contributed by atoms with Crippen LogP contribution in [0.3, 0.4) is 0 Å². The molecular weight excluding hydrogens is 208 g/mol. The highest BCUT2D eigenvalue weighted by Gasteiger charge is 2.20. The Bertz CT molecular complexity index is 263. The zero-order valence-corrected chi connectivity index (χ0v) is 11.2. The van der Waals surface area contributed by atoms with E-state index in [0.717, 1.165) is 5.50 Å². The molecule has 1 atom stereocenters. The van der Waals surface area contributed by atoms with E-state index in [4.69, 9.17) is 11.6 Å². The molecule has 0 aromatic heterocycles. The molecule has 0 bridgehead atoms. The predicted molar refractivity (Wildman–Crippen MR) is 68.2 cm³/mol. The summed E-state index contributed by atoms with van der Waals surface area (Å²) in [5, 5.41) is 1.50. The summed E-state index contributed by atoms with van der Waals surface area (Å²) in [6, 6.07) is 12.0. The monoisotopic (exact) mass is 226 g/mol. The Morgan fingerprint density at radius 1 is 1.14 bits per heavy atom. The van der Waals surface area contributed by atoms with Crippen molar-refractivity contribution >= 4 is 25.6 Å². The molecule has 0 aliphatic heterocycles. The third kappa shape index (κ3) is 3.85. The highest BCUT2D eigenvalue weighted by molar-refractivity contribution is 6.79. The van der Waals surface area contributed by atoms with Gasteiger partial charge in [0.15, 0.2) is 0 Å². The van der Waals surface area contributed by atoms with Crippen molar-refractivity contribution in [3.05, 3.63) is 30.3 Å². The van der Waals surface area contributed by atoms with Gasteiger partial charge < -0.3 is 0 Å². The number of rotatable bonds is 3.